The lowest BCUT2D eigenvalue weighted by atomic mass is 10.2. The van der Waals surface area contributed by atoms with Crippen molar-refractivity contribution in [1.82, 2.24) is 4.90 Å². The Labute approximate surface area is 116 Å². The van der Waals surface area contributed by atoms with Gasteiger partial charge in [0.1, 0.15) is 11.8 Å². The van der Waals surface area contributed by atoms with Gasteiger partial charge in [0.05, 0.1) is 6.10 Å². The van der Waals surface area contributed by atoms with Crippen molar-refractivity contribution in [3.05, 3.63) is 29.8 Å². The molecule has 2 rings (SSSR count). The molecule has 1 heterocycles. The van der Waals surface area contributed by atoms with Crippen molar-refractivity contribution in [2.45, 2.75) is 25.5 Å². The fourth-order valence-electron chi connectivity index (χ4n) is 2.19. The molecule has 0 aromatic heterocycles. The van der Waals surface area contributed by atoms with Crippen LogP contribution >= 0.6 is 0 Å². The summed E-state index contributed by atoms with van der Waals surface area (Å²) in [5, 5.41) is 18.5. The predicted molar refractivity (Wildman–Crippen MR) is 70.4 cm³/mol. The second-order valence-electron chi connectivity index (χ2n) is 4.89. The van der Waals surface area contributed by atoms with Crippen LogP contribution in [0.5, 0.6) is 5.75 Å². The standard InChI is InChI=1S/C14H17NO5/c1-9-2-4-11(5-3-9)20-8-13(17)15-7-10(16)6-12(15)14(18)19/h2-5,10,12,16H,6-8H2,1H3,(H,18,19)/t10?,12-/m0/s1. The maximum atomic E-state index is 12.0. The average Bonchev–Trinajstić information content (AvgIpc) is 2.80. The normalized spacial score (nSPS) is 21.8. The number of aliphatic hydroxyl groups excluding tert-OH is 1. The van der Waals surface area contributed by atoms with Gasteiger partial charge in [-0.2, -0.15) is 0 Å². The number of carboxylic acid groups (broad SMARTS) is 1. The first-order chi connectivity index (χ1) is 9.47. The number of carbonyl (C=O) groups is 2. The summed E-state index contributed by atoms with van der Waals surface area (Å²) in [7, 11) is 0. The van der Waals surface area contributed by atoms with Crippen molar-refractivity contribution < 1.29 is 24.5 Å². The summed E-state index contributed by atoms with van der Waals surface area (Å²) in [6.07, 6.45) is -0.731. The average molecular weight is 279 g/mol. The van der Waals surface area contributed by atoms with E-state index in [2.05, 4.69) is 0 Å². The van der Waals surface area contributed by atoms with Gasteiger partial charge in [-0.05, 0) is 19.1 Å². The molecule has 6 heteroatoms. The Morgan fingerprint density at radius 1 is 1.35 bits per heavy atom. The first-order valence-electron chi connectivity index (χ1n) is 6.37. The summed E-state index contributed by atoms with van der Waals surface area (Å²) in [5.74, 6) is -0.990. The third-order valence-corrected chi connectivity index (χ3v) is 3.27. The molecule has 1 fully saturated rings. The summed E-state index contributed by atoms with van der Waals surface area (Å²) < 4.78 is 5.33. The molecule has 1 aliphatic heterocycles. The lowest BCUT2D eigenvalue weighted by Gasteiger charge is -2.21. The molecule has 2 atom stereocenters. The number of carbonyl (C=O) groups excluding carboxylic acids is 1. The van der Waals surface area contributed by atoms with Crippen LogP contribution in [0.2, 0.25) is 0 Å². The zero-order valence-corrected chi connectivity index (χ0v) is 11.2. The molecule has 6 nitrogen and oxygen atoms in total. The molecule has 20 heavy (non-hydrogen) atoms. The minimum atomic E-state index is -1.11. The summed E-state index contributed by atoms with van der Waals surface area (Å²) in [5.41, 5.74) is 1.08. The zero-order valence-electron chi connectivity index (χ0n) is 11.2. The quantitative estimate of drug-likeness (QED) is 0.834. The molecule has 1 aliphatic rings. The third kappa shape index (κ3) is 3.27. The molecule has 1 aromatic carbocycles. The Bertz CT molecular complexity index is 499. The van der Waals surface area contributed by atoms with Gasteiger partial charge in [-0.3, -0.25) is 4.79 Å². The number of hydrogen-bond acceptors (Lipinski definition) is 4. The van der Waals surface area contributed by atoms with Gasteiger partial charge in [0, 0.05) is 13.0 Å². The number of rotatable bonds is 4. The molecule has 0 spiro atoms. The van der Waals surface area contributed by atoms with Crippen LogP contribution in [-0.4, -0.2) is 52.3 Å². The SMILES string of the molecule is Cc1ccc(OCC(=O)N2CC(O)C[C@H]2C(=O)O)cc1. The molecular weight excluding hydrogens is 262 g/mol. The van der Waals surface area contributed by atoms with Crippen molar-refractivity contribution in [1.29, 1.82) is 0 Å². The van der Waals surface area contributed by atoms with Crippen LogP contribution in [0.1, 0.15) is 12.0 Å². The van der Waals surface area contributed by atoms with Crippen molar-refractivity contribution >= 4 is 11.9 Å². The van der Waals surface area contributed by atoms with E-state index < -0.39 is 24.0 Å². The van der Waals surface area contributed by atoms with E-state index in [0.29, 0.717) is 5.75 Å². The third-order valence-electron chi connectivity index (χ3n) is 3.27. The van der Waals surface area contributed by atoms with Crippen LogP contribution in [0.4, 0.5) is 0 Å². The van der Waals surface area contributed by atoms with E-state index in [1.54, 1.807) is 12.1 Å². The first kappa shape index (κ1) is 14.3. The number of aliphatic hydroxyl groups is 1. The highest BCUT2D eigenvalue weighted by Gasteiger charge is 2.38. The van der Waals surface area contributed by atoms with Gasteiger partial charge < -0.3 is 19.8 Å². The van der Waals surface area contributed by atoms with E-state index in [1.807, 2.05) is 19.1 Å². The second kappa shape index (κ2) is 5.92. The number of nitrogens with zero attached hydrogens (tertiary/aromatic N) is 1. The Morgan fingerprint density at radius 3 is 2.60 bits per heavy atom. The lowest BCUT2D eigenvalue weighted by Crippen LogP contribution is -2.42. The van der Waals surface area contributed by atoms with Gasteiger partial charge in [0.15, 0.2) is 6.61 Å². The summed E-state index contributed by atoms with van der Waals surface area (Å²) in [6, 6.07) is 6.24. The topological polar surface area (TPSA) is 87.1 Å². The van der Waals surface area contributed by atoms with Crippen molar-refractivity contribution in [3.8, 4) is 5.75 Å². The highest BCUT2D eigenvalue weighted by atomic mass is 16.5. The molecular formula is C14H17NO5. The molecule has 1 saturated heterocycles. The number of carboxylic acids is 1. The van der Waals surface area contributed by atoms with Crippen LogP contribution in [-0.2, 0) is 9.59 Å². The van der Waals surface area contributed by atoms with Gasteiger partial charge in [0.2, 0.25) is 0 Å². The van der Waals surface area contributed by atoms with E-state index in [0.717, 1.165) is 10.5 Å². The van der Waals surface area contributed by atoms with Gasteiger partial charge in [-0.1, -0.05) is 17.7 Å². The molecule has 2 N–H and O–H groups in total. The monoisotopic (exact) mass is 279 g/mol. The zero-order chi connectivity index (χ0) is 14.7. The summed E-state index contributed by atoms with van der Waals surface area (Å²) in [4.78, 5) is 24.2. The van der Waals surface area contributed by atoms with E-state index in [9.17, 15) is 14.7 Å². The summed E-state index contributed by atoms with van der Waals surface area (Å²) >= 11 is 0. The van der Waals surface area contributed by atoms with Crippen LogP contribution in [0.3, 0.4) is 0 Å². The number of ether oxygens (including phenoxy) is 1. The van der Waals surface area contributed by atoms with Crippen LogP contribution in [0.15, 0.2) is 24.3 Å². The van der Waals surface area contributed by atoms with Gasteiger partial charge in [-0.25, -0.2) is 4.79 Å². The largest absolute Gasteiger partial charge is 0.484 e. The molecule has 0 aliphatic carbocycles. The van der Waals surface area contributed by atoms with E-state index in [1.165, 1.54) is 0 Å². The molecule has 1 aromatic rings. The second-order valence-corrected chi connectivity index (χ2v) is 4.89. The van der Waals surface area contributed by atoms with Crippen LogP contribution in [0, 0.1) is 6.92 Å². The van der Waals surface area contributed by atoms with Gasteiger partial charge >= 0.3 is 5.97 Å². The molecule has 0 radical (unpaired) electrons. The Morgan fingerprint density at radius 2 is 2.00 bits per heavy atom. The summed E-state index contributed by atoms with van der Waals surface area (Å²) in [6.45, 7) is 1.74. The van der Waals surface area contributed by atoms with Crippen molar-refractivity contribution in [3.63, 3.8) is 0 Å². The first-order valence-corrected chi connectivity index (χ1v) is 6.37. The predicted octanol–water partition coefficient (Wildman–Crippen LogP) is 0.420. The highest BCUT2D eigenvalue weighted by Crippen LogP contribution is 2.19. The van der Waals surface area contributed by atoms with E-state index >= 15 is 0 Å². The number of amides is 1. The number of aliphatic carboxylic acids is 1. The fraction of sp³-hybridized carbons (Fsp3) is 0.429. The molecule has 108 valence electrons. The number of aryl methyl sites for hydroxylation is 1. The minimum absolute atomic E-state index is 0.0348. The maximum absolute atomic E-state index is 12.0. The maximum Gasteiger partial charge on any atom is 0.326 e. The van der Waals surface area contributed by atoms with Crippen LogP contribution in [0.25, 0.3) is 0 Å². The number of β-amino-alcohol motifs (C(OH)–C–C–N with tert-alkyl or cyclic N) is 1. The van der Waals surface area contributed by atoms with Gasteiger partial charge in [-0.15, -0.1) is 0 Å². The van der Waals surface area contributed by atoms with Crippen molar-refractivity contribution in [2.24, 2.45) is 0 Å². The molecule has 0 saturated carbocycles. The Kier molecular flexibility index (Phi) is 4.24. The molecule has 1 amide bonds. The molecule has 1 unspecified atom stereocenters. The van der Waals surface area contributed by atoms with E-state index in [4.69, 9.17) is 9.84 Å². The lowest BCUT2D eigenvalue weighted by molar-refractivity contribution is -0.148. The minimum Gasteiger partial charge on any atom is -0.484 e. The molecule has 0 bridgehead atoms. The van der Waals surface area contributed by atoms with Crippen LogP contribution < -0.4 is 4.74 Å². The highest BCUT2D eigenvalue weighted by molar-refractivity contribution is 5.85. The fourth-order valence-corrected chi connectivity index (χ4v) is 2.19. The Balaban J connectivity index is 1.94. The Hall–Kier alpha value is -2.08. The number of hydrogen-bond donors (Lipinski definition) is 2. The van der Waals surface area contributed by atoms with Crippen molar-refractivity contribution in [2.75, 3.05) is 13.2 Å². The number of likely N-dealkylation sites (tertiary alicyclic amines) is 1. The van der Waals surface area contributed by atoms with E-state index in [-0.39, 0.29) is 19.6 Å². The number of benzene rings is 1. The van der Waals surface area contributed by atoms with Gasteiger partial charge in [0.25, 0.3) is 5.91 Å². The smallest absolute Gasteiger partial charge is 0.326 e.